The van der Waals surface area contributed by atoms with Gasteiger partial charge in [-0.2, -0.15) is 0 Å². The van der Waals surface area contributed by atoms with Gasteiger partial charge in [-0.3, -0.25) is 9.59 Å². The predicted molar refractivity (Wildman–Crippen MR) is 140 cm³/mol. The lowest BCUT2D eigenvalue weighted by Gasteiger charge is -2.37. The zero-order chi connectivity index (χ0) is 26.4. The van der Waals surface area contributed by atoms with E-state index in [4.69, 9.17) is 14.2 Å². The maximum atomic E-state index is 13.4. The normalized spacial score (nSPS) is 13.1. The number of piperazine rings is 1. The summed E-state index contributed by atoms with van der Waals surface area (Å²) in [6, 6.07) is 19.3. The summed E-state index contributed by atoms with van der Waals surface area (Å²) >= 11 is 0. The molecule has 1 saturated heterocycles. The Morgan fingerprint density at radius 2 is 1.41 bits per heavy atom. The molecule has 0 aliphatic carbocycles. The summed E-state index contributed by atoms with van der Waals surface area (Å²) in [5, 5.41) is 2.92. The van der Waals surface area contributed by atoms with Gasteiger partial charge in [0.15, 0.2) is 0 Å². The average Bonchev–Trinajstić information content (AvgIpc) is 2.96. The monoisotopic (exact) mass is 503 g/mol. The van der Waals surface area contributed by atoms with Crippen LogP contribution in [-0.4, -0.2) is 70.2 Å². The van der Waals surface area contributed by atoms with Crippen molar-refractivity contribution in [2.24, 2.45) is 0 Å². The van der Waals surface area contributed by atoms with Gasteiger partial charge in [-0.1, -0.05) is 24.3 Å². The maximum Gasteiger partial charge on any atom is 0.337 e. The maximum absolute atomic E-state index is 13.4. The highest BCUT2D eigenvalue weighted by Gasteiger charge is 2.26. The van der Waals surface area contributed by atoms with E-state index in [1.165, 1.54) is 21.3 Å². The number of anilines is 2. The quantitative estimate of drug-likeness (QED) is 0.491. The third kappa shape index (κ3) is 5.50. The van der Waals surface area contributed by atoms with Crippen LogP contribution in [0.4, 0.5) is 11.4 Å². The smallest absolute Gasteiger partial charge is 0.337 e. The average molecular weight is 504 g/mol. The van der Waals surface area contributed by atoms with Gasteiger partial charge >= 0.3 is 5.97 Å². The van der Waals surface area contributed by atoms with Crippen molar-refractivity contribution in [1.82, 2.24) is 4.90 Å². The van der Waals surface area contributed by atoms with Crippen LogP contribution in [0.15, 0.2) is 66.7 Å². The fourth-order valence-electron chi connectivity index (χ4n) is 4.33. The molecule has 0 spiro atoms. The Hall–Kier alpha value is -4.53. The summed E-state index contributed by atoms with van der Waals surface area (Å²) in [5.41, 5.74) is 2.34. The van der Waals surface area contributed by atoms with Gasteiger partial charge in [0, 0.05) is 31.7 Å². The minimum atomic E-state index is -0.518. The van der Waals surface area contributed by atoms with E-state index in [2.05, 4.69) is 10.2 Å². The van der Waals surface area contributed by atoms with Crippen LogP contribution in [0.5, 0.6) is 11.5 Å². The van der Waals surface area contributed by atoms with E-state index in [1.54, 1.807) is 48.5 Å². The fourth-order valence-corrected chi connectivity index (χ4v) is 4.33. The Morgan fingerprint density at radius 3 is 2.00 bits per heavy atom. The summed E-state index contributed by atoms with van der Waals surface area (Å²) < 4.78 is 15.6. The van der Waals surface area contributed by atoms with Gasteiger partial charge in [-0.15, -0.1) is 0 Å². The molecule has 3 aromatic rings. The number of benzene rings is 3. The molecular formula is C28H29N3O6. The third-order valence-electron chi connectivity index (χ3n) is 6.25. The van der Waals surface area contributed by atoms with Crippen LogP contribution in [0, 0.1) is 0 Å². The van der Waals surface area contributed by atoms with Gasteiger partial charge < -0.3 is 29.3 Å². The number of carbonyl (C=O) groups is 3. The Labute approximate surface area is 215 Å². The second kappa shape index (κ2) is 11.5. The molecule has 0 aromatic heterocycles. The van der Waals surface area contributed by atoms with Gasteiger partial charge in [0.05, 0.1) is 38.3 Å². The first-order valence-corrected chi connectivity index (χ1v) is 11.8. The lowest BCUT2D eigenvalue weighted by atomic mass is 10.1. The van der Waals surface area contributed by atoms with E-state index in [9.17, 15) is 14.4 Å². The molecule has 0 bridgehead atoms. The van der Waals surface area contributed by atoms with Crippen LogP contribution in [-0.2, 0) is 4.74 Å². The summed E-state index contributed by atoms with van der Waals surface area (Å²) in [5.74, 6) is -0.269. The van der Waals surface area contributed by atoms with Crippen molar-refractivity contribution < 1.29 is 28.6 Å². The van der Waals surface area contributed by atoms with Crippen molar-refractivity contribution in [3.8, 4) is 11.5 Å². The van der Waals surface area contributed by atoms with Gasteiger partial charge in [0.2, 0.25) is 0 Å². The standard InChI is InChI=1S/C28H29N3O6/c1-35-23-10-7-11-24(36-2)25(23)26(32)29-21-18-20(28(34)37-3)12-13-22(21)30-14-16-31(17-15-30)27(33)19-8-5-4-6-9-19/h4-13,18H,14-17H2,1-3H3,(H,29,32). The van der Waals surface area contributed by atoms with Crippen molar-refractivity contribution in [3.63, 3.8) is 0 Å². The molecule has 4 rings (SSSR count). The SMILES string of the molecule is COC(=O)c1ccc(N2CCN(C(=O)c3ccccc3)CC2)c(NC(=O)c2c(OC)cccc2OC)c1. The van der Waals surface area contributed by atoms with Crippen LogP contribution in [0.1, 0.15) is 31.1 Å². The number of carbonyl (C=O) groups excluding carboxylic acids is 3. The molecule has 2 amide bonds. The number of nitrogens with one attached hydrogen (secondary N) is 1. The number of esters is 1. The summed E-state index contributed by atoms with van der Waals surface area (Å²) in [4.78, 5) is 42.4. The molecule has 192 valence electrons. The van der Waals surface area contributed by atoms with Gasteiger partial charge in [0.1, 0.15) is 17.1 Å². The number of ether oxygens (including phenoxy) is 3. The molecule has 1 fully saturated rings. The zero-order valence-corrected chi connectivity index (χ0v) is 21.0. The van der Waals surface area contributed by atoms with Crippen LogP contribution in [0.25, 0.3) is 0 Å². The van der Waals surface area contributed by atoms with Crippen LogP contribution in [0.2, 0.25) is 0 Å². The van der Waals surface area contributed by atoms with E-state index in [0.29, 0.717) is 54.5 Å². The van der Waals surface area contributed by atoms with Crippen LogP contribution < -0.4 is 19.7 Å². The predicted octanol–water partition coefficient (Wildman–Crippen LogP) is 3.71. The fraction of sp³-hybridized carbons (Fsp3) is 0.250. The molecule has 0 radical (unpaired) electrons. The Bertz CT molecular complexity index is 1260. The topological polar surface area (TPSA) is 97.4 Å². The van der Waals surface area contributed by atoms with Gasteiger partial charge in [-0.05, 0) is 42.5 Å². The van der Waals surface area contributed by atoms with E-state index >= 15 is 0 Å². The summed E-state index contributed by atoms with van der Waals surface area (Å²) in [7, 11) is 4.26. The molecule has 0 unspecified atom stereocenters. The number of amides is 2. The highest BCUT2D eigenvalue weighted by atomic mass is 16.5. The van der Waals surface area contributed by atoms with Gasteiger partial charge in [-0.25, -0.2) is 4.79 Å². The molecular weight excluding hydrogens is 474 g/mol. The second-order valence-corrected chi connectivity index (χ2v) is 8.36. The molecule has 9 heteroatoms. The molecule has 0 saturated carbocycles. The van der Waals surface area contributed by atoms with Crippen molar-refractivity contribution in [1.29, 1.82) is 0 Å². The third-order valence-corrected chi connectivity index (χ3v) is 6.25. The number of rotatable bonds is 7. The van der Waals surface area contributed by atoms with Crippen molar-refractivity contribution in [2.75, 3.05) is 57.7 Å². The highest BCUT2D eigenvalue weighted by molar-refractivity contribution is 6.10. The van der Waals surface area contributed by atoms with Crippen molar-refractivity contribution in [2.45, 2.75) is 0 Å². The molecule has 1 aliphatic heterocycles. The molecule has 9 nitrogen and oxygen atoms in total. The molecule has 1 heterocycles. The van der Waals surface area contributed by atoms with Crippen LogP contribution >= 0.6 is 0 Å². The molecule has 3 aromatic carbocycles. The minimum Gasteiger partial charge on any atom is -0.496 e. The molecule has 0 atom stereocenters. The molecule has 1 N–H and O–H groups in total. The van der Waals surface area contributed by atoms with E-state index < -0.39 is 11.9 Å². The zero-order valence-electron chi connectivity index (χ0n) is 21.0. The van der Waals surface area contributed by atoms with Crippen molar-refractivity contribution in [3.05, 3.63) is 83.4 Å². The first-order valence-electron chi connectivity index (χ1n) is 11.8. The summed E-state index contributed by atoms with van der Waals surface area (Å²) in [6.07, 6.45) is 0. The van der Waals surface area contributed by atoms with Gasteiger partial charge in [0.25, 0.3) is 11.8 Å². The Balaban J connectivity index is 1.60. The van der Waals surface area contributed by atoms with Crippen molar-refractivity contribution >= 4 is 29.2 Å². The number of hydrogen-bond acceptors (Lipinski definition) is 7. The van der Waals surface area contributed by atoms with E-state index in [0.717, 1.165) is 5.69 Å². The largest absolute Gasteiger partial charge is 0.496 e. The van der Waals surface area contributed by atoms with E-state index in [1.807, 2.05) is 23.1 Å². The summed E-state index contributed by atoms with van der Waals surface area (Å²) in [6.45, 7) is 2.13. The highest BCUT2D eigenvalue weighted by Crippen LogP contribution is 2.33. The lowest BCUT2D eigenvalue weighted by molar-refractivity contribution is 0.0600. The van der Waals surface area contributed by atoms with Crippen LogP contribution in [0.3, 0.4) is 0 Å². The molecule has 1 aliphatic rings. The lowest BCUT2D eigenvalue weighted by Crippen LogP contribution is -2.49. The second-order valence-electron chi connectivity index (χ2n) is 8.36. The minimum absolute atomic E-state index is 0.0157. The van der Waals surface area contributed by atoms with E-state index in [-0.39, 0.29) is 11.5 Å². The number of hydrogen-bond donors (Lipinski definition) is 1. The first kappa shape index (κ1) is 25.6. The number of nitrogens with zero attached hydrogens (tertiary/aromatic N) is 2. The Morgan fingerprint density at radius 1 is 0.757 bits per heavy atom. The molecule has 37 heavy (non-hydrogen) atoms. The first-order chi connectivity index (χ1) is 18.0. The number of methoxy groups -OCH3 is 3. The Kier molecular flexibility index (Phi) is 7.92.